The number of amides is 1. The van der Waals surface area contributed by atoms with Gasteiger partial charge in [-0.2, -0.15) is 10.1 Å². The monoisotopic (exact) mass is 385 g/mol. The molecule has 1 saturated heterocycles. The van der Waals surface area contributed by atoms with E-state index in [1.165, 1.54) is 6.07 Å². The minimum absolute atomic E-state index is 0.0231. The highest BCUT2D eigenvalue weighted by Gasteiger charge is 2.29. The zero-order chi connectivity index (χ0) is 19.3. The van der Waals surface area contributed by atoms with Crippen molar-refractivity contribution in [2.24, 2.45) is 0 Å². The van der Waals surface area contributed by atoms with Crippen molar-refractivity contribution in [2.45, 2.75) is 25.5 Å². The van der Waals surface area contributed by atoms with Crippen LogP contribution in [-0.4, -0.2) is 50.4 Å². The standard InChI is InChI=1S/C19H20FN5O3/c20-15-5-2-1-4-14(15)12-17-22-19(28-23-17)16-13-24(10-11-27-16)18(26)6-9-25-8-3-7-21-25/h1-5,7-8,16H,6,9-13H2/t16-/m0/s1. The highest BCUT2D eigenvalue weighted by molar-refractivity contribution is 5.76. The normalized spacial score (nSPS) is 17.0. The van der Waals surface area contributed by atoms with Gasteiger partial charge in [-0.15, -0.1) is 0 Å². The fourth-order valence-electron chi connectivity index (χ4n) is 3.11. The third kappa shape index (κ3) is 4.25. The summed E-state index contributed by atoms with van der Waals surface area (Å²) in [4.78, 5) is 18.5. The van der Waals surface area contributed by atoms with Crippen LogP contribution in [-0.2, 0) is 22.5 Å². The Hall–Kier alpha value is -3.07. The average Bonchev–Trinajstić information content (AvgIpc) is 3.40. The van der Waals surface area contributed by atoms with Gasteiger partial charge in [0, 0.05) is 38.3 Å². The Labute approximate surface area is 160 Å². The van der Waals surface area contributed by atoms with Gasteiger partial charge in [-0.25, -0.2) is 4.39 Å². The van der Waals surface area contributed by atoms with Gasteiger partial charge in [-0.3, -0.25) is 9.48 Å². The maximum atomic E-state index is 13.8. The molecule has 1 aromatic carbocycles. The Morgan fingerprint density at radius 3 is 3.00 bits per heavy atom. The third-order valence-electron chi connectivity index (χ3n) is 4.60. The van der Waals surface area contributed by atoms with Gasteiger partial charge in [-0.05, 0) is 17.7 Å². The molecule has 3 heterocycles. The van der Waals surface area contributed by atoms with E-state index in [-0.39, 0.29) is 18.1 Å². The first-order valence-electron chi connectivity index (χ1n) is 9.12. The Bertz CT molecular complexity index is 927. The molecule has 1 aliphatic rings. The number of carbonyl (C=O) groups is 1. The molecule has 1 amide bonds. The van der Waals surface area contributed by atoms with Gasteiger partial charge in [0.2, 0.25) is 5.91 Å². The number of aromatic nitrogens is 4. The summed E-state index contributed by atoms with van der Waals surface area (Å²) in [7, 11) is 0. The van der Waals surface area contributed by atoms with Crippen LogP contribution < -0.4 is 0 Å². The molecule has 28 heavy (non-hydrogen) atoms. The summed E-state index contributed by atoms with van der Waals surface area (Å²) in [6.07, 6.45) is 3.62. The molecule has 0 spiro atoms. The molecule has 0 aliphatic carbocycles. The lowest BCUT2D eigenvalue weighted by molar-refractivity contribution is -0.140. The number of ether oxygens (including phenoxy) is 1. The maximum Gasteiger partial charge on any atom is 0.257 e. The van der Waals surface area contributed by atoms with E-state index >= 15 is 0 Å². The van der Waals surface area contributed by atoms with Crippen LogP contribution >= 0.6 is 0 Å². The van der Waals surface area contributed by atoms with E-state index in [1.807, 2.05) is 12.3 Å². The van der Waals surface area contributed by atoms with Crippen LogP contribution in [0.2, 0.25) is 0 Å². The molecular weight excluding hydrogens is 365 g/mol. The van der Waals surface area contributed by atoms with Crippen molar-refractivity contribution in [1.82, 2.24) is 24.8 Å². The van der Waals surface area contributed by atoms with Crippen molar-refractivity contribution >= 4 is 5.91 Å². The van der Waals surface area contributed by atoms with Crippen LogP contribution in [0.4, 0.5) is 4.39 Å². The number of nitrogens with zero attached hydrogens (tertiary/aromatic N) is 5. The number of carbonyl (C=O) groups excluding carboxylic acids is 1. The average molecular weight is 385 g/mol. The summed E-state index contributed by atoms with van der Waals surface area (Å²) < 4.78 is 26.5. The zero-order valence-electron chi connectivity index (χ0n) is 15.2. The predicted octanol–water partition coefficient (Wildman–Crippen LogP) is 1.99. The SMILES string of the molecule is O=C(CCn1cccn1)N1CCO[C@H](c2nc(Cc3ccccc3F)no2)C1. The zero-order valence-corrected chi connectivity index (χ0v) is 15.2. The van der Waals surface area contributed by atoms with Crippen LogP contribution in [0.25, 0.3) is 0 Å². The second-order valence-corrected chi connectivity index (χ2v) is 6.54. The maximum absolute atomic E-state index is 13.8. The second-order valence-electron chi connectivity index (χ2n) is 6.54. The summed E-state index contributed by atoms with van der Waals surface area (Å²) in [5.41, 5.74) is 0.495. The lowest BCUT2D eigenvalue weighted by atomic mass is 10.1. The fourth-order valence-corrected chi connectivity index (χ4v) is 3.11. The Morgan fingerprint density at radius 1 is 1.29 bits per heavy atom. The summed E-state index contributed by atoms with van der Waals surface area (Å²) in [6.45, 7) is 1.79. The highest BCUT2D eigenvalue weighted by atomic mass is 19.1. The molecule has 9 heteroatoms. The van der Waals surface area contributed by atoms with Crippen molar-refractivity contribution in [3.63, 3.8) is 0 Å². The largest absolute Gasteiger partial charge is 0.365 e. The summed E-state index contributed by atoms with van der Waals surface area (Å²) >= 11 is 0. The van der Waals surface area contributed by atoms with Gasteiger partial charge >= 0.3 is 0 Å². The van der Waals surface area contributed by atoms with E-state index in [4.69, 9.17) is 9.26 Å². The number of rotatable bonds is 6. The number of benzene rings is 1. The first-order chi connectivity index (χ1) is 13.7. The van der Waals surface area contributed by atoms with Gasteiger partial charge in [-0.1, -0.05) is 23.4 Å². The third-order valence-corrected chi connectivity index (χ3v) is 4.60. The van der Waals surface area contributed by atoms with Crippen LogP contribution in [0.1, 0.15) is 29.8 Å². The topological polar surface area (TPSA) is 86.3 Å². The molecule has 146 valence electrons. The lowest BCUT2D eigenvalue weighted by Gasteiger charge is -2.31. The predicted molar refractivity (Wildman–Crippen MR) is 95.6 cm³/mol. The van der Waals surface area contributed by atoms with E-state index < -0.39 is 6.10 Å². The number of halogens is 1. The first-order valence-corrected chi connectivity index (χ1v) is 9.12. The highest BCUT2D eigenvalue weighted by Crippen LogP contribution is 2.22. The molecule has 1 fully saturated rings. The van der Waals surface area contributed by atoms with E-state index in [9.17, 15) is 9.18 Å². The Kier molecular flexibility index (Phi) is 5.43. The molecule has 0 saturated carbocycles. The molecule has 3 aromatic rings. The molecule has 0 N–H and O–H groups in total. The van der Waals surface area contributed by atoms with Crippen molar-refractivity contribution < 1.29 is 18.4 Å². The van der Waals surface area contributed by atoms with E-state index in [2.05, 4.69) is 15.2 Å². The number of aryl methyl sites for hydroxylation is 1. The van der Waals surface area contributed by atoms with Crippen molar-refractivity contribution in [3.8, 4) is 0 Å². The number of morpholine rings is 1. The summed E-state index contributed by atoms with van der Waals surface area (Å²) in [6, 6.07) is 8.30. The smallest absolute Gasteiger partial charge is 0.257 e. The van der Waals surface area contributed by atoms with Crippen molar-refractivity contribution in [1.29, 1.82) is 0 Å². The van der Waals surface area contributed by atoms with E-state index in [0.29, 0.717) is 49.9 Å². The second kappa shape index (κ2) is 8.30. The molecule has 1 atom stereocenters. The molecular formula is C19H20FN5O3. The van der Waals surface area contributed by atoms with Crippen molar-refractivity contribution in [3.05, 3.63) is 65.8 Å². The van der Waals surface area contributed by atoms with E-state index in [1.54, 1.807) is 34.0 Å². The summed E-state index contributed by atoms with van der Waals surface area (Å²) in [5, 5.41) is 8.02. The van der Waals surface area contributed by atoms with Crippen LogP contribution in [0, 0.1) is 5.82 Å². The van der Waals surface area contributed by atoms with Gasteiger partial charge in [0.25, 0.3) is 5.89 Å². The van der Waals surface area contributed by atoms with Crippen molar-refractivity contribution in [2.75, 3.05) is 19.7 Å². The number of hydrogen-bond donors (Lipinski definition) is 0. The Balaban J connectivity index is 1.36. The molecule has 0 unspecified atom stereocenters. The molecule has 0 bridgehead atoms. The van der Waals surface area contributed by atoms with Gasteiger partial charge in [0.1, 0.15) is 5.82 Å². The first kappa shape index (κ1) is 18.3. The van der Waals surface area contributed by atoms with Gasteiger partial charge in [0.05, 0.1) is 13.2 Å². The lowest BCUT2D eigenvalue weighted by Crippen LogP contribution is -2.42. The van der Waals surface area contributed by atoms with Crippen LogP contribution in [0.3, 0.4) is 0 Å². The Morgan fingerprint density at radius 2 is 2.18 bits per heavy atom. The molecule has 2 aromatic heterocycles. The van der Waals surface area contributed by atoms with Crippen LogP contribution in [0.5, 0.6) is 0 Å². The minimum Gasteiger partial charge on any atom is -0.365 e. The van der Waals surface area contributed by atoms with E-state index in [0.717, 1.165) is 0 Å². The molecule has 8 nitrogen and oxygen atoms in total. The summed E-state index contributed by atoms with van der Waals surface area (Å²) in [5.74, 6) is 0.397. The van der Waals surface area contributed by atoms with Gasteiger partial charge < -0.3 is 14.2 Å². The molecule has 1 aliphatic heterocycles. The van der Waals surface area contributed by atoms with Crippen LogP contribution in [0.15, 0.2) is 47.2 Å². The quantitative estimate of drug-likeness (QED) is 0.645. The number of hydrogen-bond acceptors (Lipinski definition) is 6. The minimum atomic E-state index is -0.482. The van der Waals surface area contributed by atoms with Gasteiger partial charge in [0.15, 0.2) is 11.9 Å². The molecule has 0 radical (unpaired) electrons. The molecule has 4 rings (SSSR count). The fraction of sp³-hybridized carbons (Fsp3) is 0.368.